The number of hydrogen-bond donors (Lipinski definition) is 1. The van der Waals surface area contributed by atoms with Crippen molar-refractivity contribution < 1.29 is 9.90 Å². The van der Waals surface area contributed by atoms with Gasteiger partial charge >= 0.3 is 5.97 Å². The fourth-order valence-electron chi connectivity index (χ4n) is 0.697. The number of thiophene rings is 1. The first kappa shape index (κ1) is 8.62. The molecule has 0 aliphatic heterocycles. The summed E-state index contributed by atoms with van der Waals surface area (Å²) in [5.74, 6) is 0.0862. The Morgan fingerprint density at radius 2 is 2.55 bits per heavy atom. The van der Waals surface area contributed by atoms with Crippen molar-refractivity contribution in [2.45, 2.75) is 11.1 Å². The molecule has 0 spiro atoms. The van der Waals surface area contributed by atoms with E-state index >= 15 is 0 Å². The van der Waals surface area contributed by atoms with Gasteiger partial charge in [0.1, 0.15) is 0 Å². The van der Waals surface area contributed by atoms with E-state index in [9.17, 15) is 4.79 Å². The summed E-state index contributed by atoms with van der Waals surface area (Å²) in [6.45, 7) is 2.01. The molecule has 0 radical (unpaired) electrons. The van der Waals surface area contributed by atoms with Gasteiger partial charge in [-0.15, -0.1) is 23.1 Å². The van der Waals surface area contributed by atoms with E-state index in [-0.39, 0.29) is 0 Å². The van der Waals surface area contributed by atoms with E-state index in [0.29, 0.717) is 5.56 Å². The van der Waals surface area contributed by atoms with Gasteiger partial charge in [-0.2, -0.15) is 0 Å². The van der Waals surface area contributed by atoms with Gasteiger partial charge in [0.15, 0.2) is 0 Å². The number of thioether (sulfide) groups is 1. The first-order chi connectivity index (χ1) is 5.25. The molecule has 0 saturated heterocycles. The highest BCUT2D eigenvalue weighted by Gasteiger charge is 2.09. The number of carbonyl (C=O) groups is 1. The zero-order valence-electron chi connectivity index (χ0n) is 6.03. The Morgan fingerprint density at radius 3 is 3.09 bits per heavy atom. The lowest BCUT2D eigenvalue weighted by Crippen LogP contribution is -1.94. The van der Waals surface area contributed by atoms with Crippen LogP contribution in [-0.4, -0.2) is 16.8 Å². The van der Waals surface area contributed by atoms with Crippen LogP contribution in [0.15, 0.2) is 15.7 Å². The van der Waals surface area contributed by atoms with Crippen LogP contribution < -0.4 is 0 Å². The zero-order chi connectivity index (χ0) is 8.27. The summed E-state index contributed by atoms with van der Waals surface area (Å²) >= 11 is 3.06. The largest absolute Gasteiger partial charge is 0.478 e. The van der Waals surface area contributed by atoms with E-state index in [1.165, 1.54) is 11.3 Å². The normalized spacial score (nSPS) is 9.91. The van der Waals surface area contributed by atoms with Crippen molar-refractivity contribution in [3.05, 3.63) is 17.0 Å². The molecule has 1 aromatic heterocycles. The Bertz CT molecular complexity index is 255. The smallest absolute Gasteiger partial charge is 0.337 e. The lowest BCUT2D eigenvalue weighted by atomic mass is 10.4. The average molecular weight is 188 g/mol. The number of hydrogen-bond acceptors (Lipinski definition) is 3. The Hall–Kier alpha value is -0.480. The highest BCUT2D eigenvalue weighted by Crippen LogP contribution is 2.28. The van der Waals surface area contributed by atoms with Gasteiger partial charge in [0.05, 0.1) is 9.77 Å². The van der Waals surface area contributed by atoms with Crippen LogP contribution in [0.25, 0.3) is 0 Å². The van der Waals surface area contributed by atoms with Crippen molar-refractivity contribution in [3.8, 4) is 0 Å². The fourth-order valence-corrected chi connectivity index (χ4v) is 2.67. The molecule has 4 heteroatoms. The molecule has 0 atom stereocenters. The van der Waals surface area contributed by atoms with Crippen LogP contribution in [0.3, 0.4) is 0 Å². The van der Waals surface area contributed by atoms with E-state index in [1.54, 1.807) is 23.2 Å². The minimum atomic E-state index is -0.831. The van der Waals surface area contributed by atoms with Crippen molar-refractivity contribution in [3.63, 3.8) is 0 Å². The molecule has 0 saturated carbocycles. The number of carboxylic acid groups (broad SMARTS) is 1. The minimum absolute atomic E-state index is 0.432. The molecule has 1 heterocycles. The molecule has 60 valence electrons. The van der Waals surface area contributed by atoms with E-state index < -0.39 is 5.97 Å². The number of carboxylic acids is 1. The maximum absolute atomic E-state index is 10.6. The second kappa shape index (κ2) is 3.78. The lowest BCUT2D eigenvalue weighted by molar-refractivity contribution is 0.0694. The van der Waals surface area contributed by atoms with Gasteiger partial charge in [0, 0.05) is 0 Å². The van der Waals surface area contributed by atoms with Crippen molar-refractivity contribution in [1.29, 1.82) is 0 Å². The van der Waals surface area contributed by atoms with Crippen LogP contribution in [0.5, 0.6) is 0 Å². The summed E-state index contributed by atoms with van der Waals surface area (Å²) in [5.41, 5.74) is 0.432. The van der Waals surface area contributed by atoms with Crippen LogP contribution >= 0.6 is 23.1 Å². The Kier molecular flexibility index (Phi) is 2.96. The third-order valence-corrected chi connectivity index (χ3v) is 3.25. The van der Waals surface area contributed by atoms with Gasteiger partial charge in [-0.3, -0.25) is 0 Å². The Balaban J connectivity index is 2.87. The second-order valence-electron chi connectivity index (χ2n) is 1.86. The van der Waals surface area contributed by atoms with Crippen LogP contribution in [0.1, 0.15) is 17.3 Å². The SMILES string of the molecule is CCSc1sccc1C(=O)O. The lowest BCUT2D eigenvalue weighted by Gasteiger charge is -1.94. The summed E-state index contributed by atoms with van der Waals surface area (Å²) in [6, 6.07) is 1.64. The molecular formula is C7H8O2S2. The Labute approximate surface area is 73.2 Å². The highest BCUT2D eigenvalue weighted by molar-refractivity contribution is 8.01. The Morgan fingerprint density at radius 1 is 1.82 bits per heavy atom. The van der Waals surface area contributed by atoms with Crippen LogP contribution in [0.4, 0.5) is 0 Å². The molecule has 0 amide bonds. The van der Waals surface area contributed by atoms with E-state index in [0.717, 1.165) is 9.96 Å². The highest BCUT2D eigenvalue weighted by atomic mass is 32.2. The van der Waals surface area contributed by atoms with Crippen LogP contribution in [-0.2, 0) is 0 Å². The molecule has 0 aromatic carbocycles. The molecule has 1 N–H and O–H groups in total. The first-order valence-electron chi connectivity index (χ1n) is 3.19. The third kappa shape index (κ3) is 1.97. The molecule has 0 fully saturated rings. The predicted molar refractivity (Wildman–Crippen MR) is 47.7 cm³/mol. The molecule has 2 nitrogen and oxygen atoms in total. The van der Waals surface area contributed by atoms with Crippen molar-refractivity contribution in [2.75, 3.05) is 5.75 Å². The van der Waals surface area contributed by atoms with Gasteiger partial charge in [0.25, 0.3) is 0 Å². The van der Waals surface area contributed by atoms with E-state index in [1.807, 2.05) is 6.92 Å². The predicted octanol–water partition coefficient (Wildman–Crippen LogP) is 2.56. The molecule has 0 aliphatic carbocycles. The fraction of sp³-hybridized carbons (Fsp3) is 0.286. The van der Waals surface area contributed by atoms with Gasteiger partial charge < -0.3 is 5.11 Å². The van der Waals surface area contributed by atoms with Crippen molar-refractivity contribution >= 4 is 29.1 Å². The second-order valence-corrected chi connectivity index (χ2v) is 4.31. The van der Waals surface area contributed by atoms with E-state index in [2.05, 4.69) is 0 Å². The molecule has 11 heavy (non-hydrogen) atoms. The quantitative estimate of drug-likeness (QED) is 0.741. The first-order valence-corrected chi connectivity index (χ1v) is 5.05. The number of aromatic carboxylic acids is 1. The summed E-state index contributed by atoms with van der Waals surface area (Å²) in [7, 11) is 0. The van der Waals surface area contributed by atoms with Gasteiger partial charge in [0.2, 0.25) is 0 Å². The molecule has 0 unspecified atom stereocenters. The standard InChI is InChI=1S/C7H8O2S2/c1-2-10-7-5(6(8)9)3-4-11-7/h3-4H,2H2,1H3,(H,8,9). The molecule has 1 rings (SSSR count). The van der Waals surface area contributed by atoms with Crippen molar-refractivity contribution in [1.82, 2.24) is 0 Å². The third-order valence-electron chi connectivity index (χ3n) is 1.14. The summed E-state index contributed by atoms with van der Waals surface area (Å²) < 4.78 is 0.903. The maximum atomic E-state index is 10.6. The number of rotatable bonds is 3. The topological polar surface area (TPSA) is 37.3 Å². The molecular weight excluding hydrogens is 180 g/mol. The zero-order valence-corrected chi connectivity index (χ0v) is 7.67. The summed E-state index contributed by atoms with van der Waals surface area (Å²) in [6.07, 6.45) is 0. The molecule has 0 bridgehead atoms. The van der Waals surface area contributed by atoms with Gasteiger partial charge in [-0.1, -0.05) is 6.92 Å². The summed E-state index contributed by atoms with van der Waals surface area (Å²) in [5, 5.41) is 10.5. The van der Waals surface area contributed by atoms with Crippen molar-refractivity contribution in [2.24, 2.45) is 0 Å². The monoisotopic (exact) mass is 188 g/mol. The van der Waals surface area contributed by atoms with E-state index in [4.69, 9.17) is 5.11 Å². The van der Waals surface area contributed by atoms with Crippen LogP contribution in [0, 0.1) is 0 Å². The maximum Gasteiger partial charge on any atom is 0.337 e. The molecule has 1 aromatic rings. The van der Waals surface area contributed by atoms with Crippen LogP contribution in [0.2, 0.25) is 0 Å². The average Bonchev–Trinajstić information content (AvgIpc) is 2.36. The summed E-state index contributed by atoms with van der Waals surface area (Å²) in [4.78, 5) is 10.6. The minimum Gasteiger partial charge on any atom is -0.478 e. The van der Waals surface area contributed by atoms with Gasteiger partial charge in [-0.25, -0.2) is 4.79 Å². The van der Waals surface area contributed by atoms with Gasteiger partial charge in [-0.05, 0) is 17.2 Å². The molecule has 0 aliphatic rings.